The molecule has 0 aromatic heterocycles. The number of rotatable bonds is 6. The molecule has 0 amide bonds. The molecule has 1 aromatic rings. The van der Waals surface area contributed by atoms with Crippen molar-refractivity contribution in [3.8, 4) is 0 Å². The van der Waals surface area contributed by atoms with Crippen LogP contribution in [0.2, 0.25) is 0 Å². The van der Waals surface area contributed by atoms with Crippen LogP contribution >= 0.6 is 0 Å². The number of esters is 1. The van der Waals surface area contributed by atoms with Crippen LogP contribution in [0.4, 0.5) is 5.69 Å². The topological polar surface area (TPSA) is 52.3 Å². The van der Waals surface area contributed by atoms with Crippen LogP contribution in [0.25, 0.3) is 0 Å². The summed E-state index contributed by atoms with van der Waals surface area (Å²) in [5.41, 5.74) is 8.26. The molecule has 0 bridgehead atoms. The maximum absolute atomic E-state index is 11.5. The van der Waals surface area contributed by atoms with Gasteiger partial charge in [-0.25, -0.2) is 4.79 Å². The van der Waals surface area contributed by atoms with Crippen molar-refractivity contribution < 1.29 is 9.53 Å². The molecule has 0 fully saturated rings. The standard InChI is InChI=1S/C14H21NO2/c1-3-5-6-7-11-8-9-12(10-13(11)15)14(16)17-4-2/h8-10H,3-7,15H2,1-2H3. The lowest BCUT2D eigenvalue weighted by atomic mass is 10.0. The second-order valence-electron chi connectivity index (χ2n) is 4.09. The number of carbonyl (C=O) groups excluding carboxylic acids is 1. The predicted octanol–water partition coefficient (Wildman–Crippen LogP) is 3.18. The predicted molar refractivity (Wildman–Crippen MR) is 70.0 cm³/mol. The number of benzene rings is 1. The van der Waals surface area contributed by atoms with Gasteiger partial charge < -0.3 is 10.5 Å². The molecule has 17 heavy (non-hydrogen) atoms. The largest absolute Gasteiger partial charge is 0.462 e. The third kappa shape index (κ3) is 4.10. The molecule has 3 nitrogen and oxygen atoms in total. The van der Waals surface area contributed by atoms with Gasteiger partial charge in [0.1, 0.15) is 0 Å². The molecule has 0 aliphatic rings. The molecule has 3 heteroatoms. The summed E-state index contributed by atoms with van der Waals surface area (Å²) in [6, 6.07) is 5.42. The average molecular weight is 235 g/mol. The molecule has 0 spiro atoms. The number of aryl methyl sites for hydroxylation is 1. The van der Waals surface area contributed by atoms with Crippen LogP contribution in [0.3, 0.4) is 0 Å². The van der Waals surface area contributed by atoms with E-state index in [1.807, 2.05) is 6.07 Å². The molecule has 0 saturated carbocycles. The zero-order valence-electron chi connectivity index (χ0n) is 10.7. The number of carbonyl (C=O) groups is 1. The van der Waals surface area contributed by atoms with Gasteiger partial charge in [-0.05, 0) is 37.5 Å². The summed E-state index contributed by atoms with van der Waals surface area (Å²) in [4.78, 5) is 11.5. The van der Waals surface area contributed by atoms with Crippen molar-refractivity contribution in [2.75, 3.05) is 12.3 Å². The van der Waals surface area contributed by atoms with Crippen LogP contribution < -0.4 is 5.73 Å². The minimum atomic E-state index is -0.306. The summed E-state index contributed by atoms with van der Waals surface area (Å²) in [6.45, 7) is 4.35. The molecule has 2 N–H and O–H groups in total. The smallest absolute Gasteiger partial charge is 0.338 e. The van der Waals surface area contributed by atoms with E-state index in [1.165, 1.54) is 12.8 Å². The fourth-order valence-electron chi connectivity index (χ4n) is 1.73. The van der Waals surface area contributed by atoms with Crippen molar-refractivity contribution in [3.63, 3.8) is 0 Å². The van der Waals surface area contributed by atoms with Crippen molar-refractivity contribution >= 4 is 11.7 Å². The van der Waals surface area contributed by atoms with Gasteiger partial charge in [0.2, 0.25) is 0 Å². The lowest BCUT2D eigenvalue weighted by molar-refractivity contribution is 0.0526. The Morgan fingerprint density at radius 3 is 2.65 bits per heavy atom. The summed E-state index contributed by atoms with van der Waals surface area (Å²) in [5.74, 6) is -0.306. The van der Waals surface area contributed by atoms with Gasteiger partial charge in [-0.15, -0.1) is 0 Å². The molecule has 0 radical (unpaired) electrons. The first-order valence-corrected chi connectivity index (χ1v) is 6.24. The number of nitrogens with two attached hydrogens (primary N) is 1. The van der Waals surface area contributed by atoms with Gasteiger partial charge in [-0.3, -0.25) is 0 Å². The second-order valence-corrected chi connectivity index (χ2v) is 4.09. The van der Waals surface area contributed by atoms with Crippen molar-refractivity contribution in [2.45, 2.75) is 39.5 Å². The lowest BCUT2D eigenvalue weighted by Gasteiger charge is -2.07. The van der Waals surface area contributed by atoms with Gasteiger partial charge in [-0.2, -0.15) is 0 Å². The number of ether oxygens (including phenoxy) is 1. The molecule has 0 heterocycles. The van der Waals surface area contributed by atoms with Crippen LogP contribution in [0.15, 0.2) is 18.2 Å². The Morgan fingerprint density at radius 2 is 2.06 bits per heavy atom. The lowest BCUT2D eigenvalue weighted by Crippen LogP contribution is -2.06. The number of hydrogen-bond acceptors (Lipinski definition) is 3. The van der Waals surface area contributed by atoms with E-state index in [-0.39, 0.29) is 5.97 Å². The van der Waals surface area contributed by atoms with Crippen molar-refractivity contribution in [1.29, 1.82) is 0 Å². The zero-order valence-corrected chi connectivity index (χ0v) is 10.7. The van der Waals surface area contributed by atoms with Gasteiger partial charge >= 0.3 is 5.97 Å². The number of unbranched alkanes of at least 4 members (excludes halogenated alkanes) is 2. The zero-order chi connectivity index (χ0) is 12.7. The van der Waals surface area contributed by atoms with E-state index < -0.39 is 0 Å². The monoisotopic (exact) mass is 235 g/mol. The molecule has 94 valence electrons. The first-order valence-electron chi connectivity index (χ1n) is 6.24. The first kappa shape index (κ1) is 13.6. The Balaban J connectivity index is 2.68. The second kappa shape index (κ2) is 6.94. The van der Waals surface area contributed by atoms with Gasteiger partial charge in [0, 0.05) is 5.69 Å². The van der Waals surface area contributed by atoms with Crippen LogP contribution in [-0.4, -0.2) is 12.6 Å². The summed E-state index contributed by atoms with van der Waals surface area (Å²) in [5, 5.41) is 0. The van der Waals surface area contributed by atoms with Crippen LogP contribution in [0, 0.1) is 0 Å². The number of anilines is 1. The van der Waals surface area contributed by atoms with E-state index in [0.717, 1.165) is 18.4 Å². The highest BCUT2D eigenvalue weighted by Crippen LogP contribution is 2.17. The molecule has 0 atom stereocenters. The SMILES string of the molecule is CCCCCc1ccc(C(=O)OCC)cc1N. The van der Waals surface area contributed by atoms with E-state index in [4.69, 9.17) is 10.5 Å². The molecular weight excluding hydrogens is 214 g/mol. The third-order valence-corrected chi connectivity index (χ3v) is 2.71. The molecule has 1 aromatic carbocycles. The summed E-state index contributed by atoms with van der Waals surface area (Å²) >= 11 is 0. The van der Waals surface area contributed by atoms with Gasteiger partial charge in [0.25, 0.3) is 0 Å². The van der Waals surface area contributed by atoms with Gasteiger partial charge in [0.15, 0.2) is 0 Å². The molecule has 0 aliphatic carbocycles. The highest BCUT2D eigenvalue weighted by Gasteiger charge is 2.08. The van der Waals surface area contributed by atoms with Crippen LogP contribution in [0.5, 0.6) is 0 Å². The van der Waals surface area contributed by atoms with Crippen molar-refractivity contribution in [3.05, 3.63) is 29.3 Å². The van der Waals surface area contributed by atoms with E-state index in [0.29, 0.717) is 17.9 Å². The molecule has 0 unspecified atom stereocenters. The maximum atomic E-state index is 11.5. The normalized spacial score (nSPS) is 10.2. The number of hydrogen-bond donors (Lipinski definition) is 1. The van der Waals surface area contributed by atoms with E-state index in [1.54, 1.807) is 19.1 Å². The summed E-state index contributed by atoms with van der Waals surface area (Å²) in [6.07, 6.45) is 4.52. The van der Waals surface area contributed by atoms with Crippen LogP contribution in [0.1, 0.15) is 49.0 Å². The van der Waals surface area contributed by atoms with E-state index >= 15 is 0 Å². The minimum absolute atomic E-state index is 0.306. The minimum Gasteiger partial charge on any atom is -0.462 e. The van der Waals surface area contributed by atoms with E-state index in [2.05, 4.69) is 6.92 Å². The first-order chi connectivity index (χ1) is 8.19. The van der Waals surface area contributed by atoms with Gasteiger partial charge in [0.05, 0.1) is 12.2 Å². The third-order valence-electron chi connectivity index (χ3n) is 2.71. The average Bonchev–Trinajstić information content (AvgIpc) is 2.31. The quantitative estimate of drug-likeness (QED) is 0.468. The maximum Gasteiger partial charge on any atom is 0.338 e. The molecular formula is C14H21NO2. The van der Waals surface area contributed by atoms with Crippen LogP contribution in [-0.2, 0) is 11.2 Å². The Morgan fingerprint density at radius 1 is 1.29 bits per heavy atom. The Bertz CT molecular complexity index is 374. The summed E-state index contributed by atoms with van der Waals surface area (Å²) < 4.78 is 4.93. The van der Waals surface area contributed by atoms with Gasteiger partial charge in [-0.1, -0.05) is 25.8 Å². The molecule has 0 aliphatic heterocycles. The number of nitrogen functional groups attached to an aromatic ring is 1. The fraction of sp³-hybridized carbons (Fsp3) is 0.500. The highest BCUT2D eigenvalue weighted by atomic mass is 16.5. The Labute approximate surface area is 103 Å². The van der Waals surface area contributed by atoms with E-state index in [9.17, 15) is 4.79 Å². The summed E-state index contributed by atoms with van der Waals surface area (Å²) in [7, 11) is 0. The molecule has 0 saturated heterocycles. The fourth-order valence-corrected chi connectivity index (χ4v) is 1.73. The Hall–Kier alpha value is -1.51. The van der Waals surface area contributed by atoms with Crippen molar-refractivity contribution in [1.82, 2.24) is 0 Å². The Kier molecular flexibility index (Phi) is 5.53. The highest BCUT2D eigenvalue weighted by molar-refractivity contribution is 5.90. The van der Waals surface area contributed by atoms with Crippen molar-refractivity contribution in [2.24, 2.45) is 0 Å². The molecule has 1 rings (SSSR count).